The normalized spacial score (nSPS) is 10.9. The molecule has 1 amide bonds. The van der Waals surface area contributed by atoms with E-state index in [1.165, 1.54) is 20.3 Å². The van der Waals surface area contributed by atoms with E-state index in [1.54, 1.807) is 55.6 Å². The minimum atomic E-state index is -0.532. The van der Waals surface area contributed by atoms with E-state index in [0.717, 1.165) is 11.8 Å². The van der Waals surface area contributed by atoms with Crippen LogP contribution in [-0.2, 0) is 0 Å². The molecule has 0 atom stereocenters. The van der Waals surface area contributed by atoms with Gasteiger partial charge in [0, 0.05) is 29.0 Å². The van der Waals surface area contributed by atoms with Crippen LogP contribution in [0.15, 0.2) is 66.9 Å². The molecule has 0 bridgehead atoms. The Morgan fingerprint density at radius 1 is 0.882 bits per heavy atom. The molecular weight excluding hydrogens is 436 g/mol. The Bertz CT molecular complexity index is 1230. The van der Waals surface area contributed by atoms with E-state index < -0.39 is 4.92 Å². The van der Waals surface area contributed by atoms with E-state index in [2.05, 4.69) is 5.32 Å². The van der Waals surface area contributed by atoms with Crippen molar-refractivity contribution in [2.75, 3.05) is 26.6 Å². The van der Waals surface area contributed by atoms with Crippen LogP contribution in [0.4, 0.5) is 5.69 Å². The number of nitro groups is 1. The van der Waals surface area contributed by atoms with Gasteiger partial charge < -0.3 is 19.5 Å². The van der Waals surface area contributed by atoms with Crippen molar-refractivity contribution in [1.82, 2.24) is 0 Å². The van der Waals surface area contributed by atoms with Crippen molar-refractivity contribution in [2.24, 2.45) is 0 Å². The summed E-state index contributed by atoms with van der Waals surface area (Å²) in [5.41, 5.74) is 3.24. The summed E-state index contributed by atoms with van der Waals surface area (Å²) < 4.78 is 15.9. The first-order valence-corrected chi connectivity index (χ1v) is 10.2. The molecule has 0 aliphatic carbocycles. The lowest BCUT2D eigenvalue weighted by molar-refractivity contribution is -0.400. The second kappa shape index (κ2) is 11.3. The zero-order valence-corrected chi connectivity index (χ0v) is 19.0. The van der Waals surface area contributed by atoms with E-state index in [4.69, 9.17) is 14.2 Å². The third-order valence-corrected chi connectivity index (χ3v) is 4.92. The Hall–Kier alpha value is -4.59. The van der Waals surface area contributed by atoms with Crippen LogP contribution >= 0.6 is 0 Å². The molecule has 174 valence electrons. The predicted molar refractivity (Wildman–Crippen MR) is 132 cm³/mol. The lowest BCUT2D eigenvalue weighted by Crippen LogP contribution is -2.11. The number of carbonyl (C=O) groups excluding carboxylic acids is 1. The first-order chi connectivity index (χ1) is 16.4. The highest BCUT2D eigenvalue weighted by Gasteiger charge is 2.10. The van der Waals surface area contributed by atoms with Gasteiger partial charge in [0.25, 0.3) is 5.91 Å². The molecule has 0 aliphatic heterocycles. The summed E-state index contributed by atoms with van der Waals surface area (Å²) in [4.78, 5) is 22.8. The van der Waals surface area contributed by atoms with E-state index >= 15 is 0 Å². The first-order valence-electron chi connectivity index (χ1n) is 10.2. The van der Waals surface area contributed by atoms with Crippen LogP contribution in [-0.4, -0.2) is 32.2 Å². The summed E-state index contributed by atoms with van der Waals surface area (Å²) in [5.74, 6) is 1.38. The van der Waals surface area contributed by atoms with Crippen molar-refractivity contribution < 1.29 is 23.9 Å². The molecule has 0 radical (unpaired) electrons. The lowest BCUT2D eigenvalue weighted by atomic mass is 10.0. The number of nitrogens with zero attached hydrogens (tertiary/aromatic N) is 1. The maximum Gasteiger partial charge on any atom is 0.255 e. The van der Waals surface area contributed by atoms with Crippen LogP contribution in [0.3, 0.4) is 0 Å². The van der Waals surface area contributed by atoms with Gasteiger partial charge in [0.15, 0.2) is 0 Å². The Balaban J connectivity index is 1.80. The molecule has 0 saturated carbocycles. The molecule has 1 N–H and O–H groups in total. The molecule has 0 aromatic heterocycles. The average Bonchev–Trinajstić information content (AvgIpc) is 2.86. The number of methoxy groups -OCH3 is 3. The summed E-state index contributed by atoms with van der Waals surface area (Å²) in [6.07, 6.45) is 5.91. The van der Waals surface area contributed by atoms with Gasteiger partial charge in [0.05, 0.1) is 26.3 Å². The van der Waals surface area contributed by atoms with E-state index in [0.29, 0.717) is 39.6 Å². The maximum absolute atomic E-state index is 12.5. The van der Waals surface area contributed by atoms with Crippen molar-refractivity contribution in [3.8, 4) is 17.2 Å². The van der Waals surface area contributed by atoms with Crippen LogP contribution in [0.5, 0.6) is 17.2 Å². The van der Waals surface area contributed by atoms with Gasteiger partial charge >= 0.3 is 0 Å². The molecule has 0 spiro atoms. The van der Waals surface area contributed by atoms with Crippen molar-refractivity contribution >= 4 is 29.8 Å². The number of amides is 1. The molecule has 0 aliphatic rings. The summed E-state index contributed by atoms with van der Waals surface area (Å²) in [6, 6.07) is 17.6. The minimum absolute atomic E-state index is 0.243. The molecule has 3 aromatic rings. The standard InChI is InChI=1S/C26H24N2O6/c1-32-22-6-4-5-20(16-22)26(29)27-21-11-8-18(9-12-21)7-10-19-15-23(33-2)17-25(34-3)24(19)13-14-28(30)31/h4-17H,1-3H3,(H,27,29)/b10-7+,14-13+. The summed E-state index contributed by atoms with van der Waals surface area (Å²) in [5, 5.41) is 13.7. The third-order valence-electron chi connectivity index (χ3n) is 4.92. The lowest BCUT2D eigenvalue weighted by Gasteiger charge is -2.11. The van der Waals surface area contributed by atoms with Crippen LogP contribution in [0.1, 0.15) is 27.0 Å². The number of hydrogen-bond acceptors (Lipinski definition) is 6. The SMILES string of the molecule is COc1cccc(C(=O)Nc2ccc(/C=C/c3cc(OC)cc(OC)c3/C=C/[N+](=O)[O-])cc2)c1. The highest BCUT2D eigenvalue weighted by Crippen LogP contribution is 2.31. The number of benzene rings is 3. The molecule has 0 unspecified atom stereocenters. The first kappa shape index (κ1) is 24.1. The predicted octanol–water partition coefficient (Wildman–Crippen LogP) is 5.38. The van der Waals surface area contributed by atoms with Gasteiger partial charge in [-0.05, 0) is 47.5 Å². The zero-order chi connectivity index (χ0) is 24.5. The molecule has 8 nitrogen and oxygen atoms in total. The largest absolute Gasteiger partial charge is 0.497 e. The van der Waals surface area contributed by atoms with E-state index in [9.17, 15) is 14.9 Å². The van der Waals surface area contributed by atoms with E-state index in [-0.39, 0.29) is 5.91 Å². The fraction of sp³-hybridized carbons (Fsp3) is 0.115. The van der Waals surface area contributed by atoms with Gasteiger partial charge in [-0.2, -0.15) is 0 Å². The Morgan fingerprint density at radius 3 is 2.26 bits per heavy atom. The second-order valence-corrected chi connectivity index (χ2v) is 7.08. The average molecular weight is 460 g/mol. The van der Waals surface area contributed by atoms with Crippen LogP contribution in [0.25, 0.3) is 18.2 Å². The Morgan fingerprint density at radius 2 is 1.62 bits per heavy atom. The zero-order valence-electron chi connectivity index (χ0n) is 19.0. The van der Waals surface area contributed by atoms with Gasteiger partial charge in [0.1, 0.15) is 17.2 Å². The molecule has 34 heavy (non-hydrogen) atoms. The maximum atomic E-state index is 12.5. The number of carbonyl (C=O) groups is 1. The number of ether oxygens (including phenoxy) is 3. The smallest absolute Gasteiger partial charge is 0.255 e. The molecule has 0 fully saturated rings. The highest BCUT2D eigenvalue weighted by molar-refractivity contribution is 6.04. The van der Waals surface area contributed by atoms with Crippen LogP contribution in [0.2, 0.25) is 0 Å². The van der Waals surface area contributed by atoms with E-state index in [1.807, 2.05) is 24.3 Å². The van der Waals surface area contributed by atoms with Crippen molar-refractivity contribution in [2.45, 2.75) is 0 Å². The fourth-order valence-electron chi connectivity index (χ4n) is 3.19. The Kier molecular flexibility index (Phi) is 8.02. The molecule has 3 aromatic carbocycles. The third kappa shape index (κ3) is 6.23. The number of nitrogens with one attached hydrogen (secondary N) is 1. The van der Waals surface area contributed by atoms with Crippen molar-refractivity contribution in [3.05, 3.63) is 99.2 Å². The molecule has 3 rings (SSSR count). The highest BCUT2D eigenvalue weighted by atomic mass is 16.6. The molecule has 0 heterocycles. The van der Waals surface area contributed by atoms with Gasteiger partial charge in [-0.15, -0.1) is 0 Å². The molecule has 0 saturated heterocycles. The second-order valence-electron chi connectivity index (χ2n) is 7.08. The van der Waals surface area contributed by atoms with Gasteiger partial charge in [-0.1, -0.05) is 30.4 Å². The van der Waals surface area contributed by atoms with Crippen LogP contribution in [0, 0.1) is 10.1 Å². The number of rotatable bonds is 9. The summed E-state index contributed by atoms with van der Waals surface area (Å²) in [6.45, 7) is 0. The number of anilines is 1. The molecule has 8 heteroatoms. The van der Waals surface area contributed by atoms with Gasteiger partial charge in [-0.25, -0.2) is 0 Å². The van der Waals surface area contributed by atoms with Crippen molar-refractivity contribution in [3.63, 3.8) is 0 Å². The van der Waals surface area contributed by atoms with Gasteiger partial charge in [0.2, 0.25) is 6.20 Å². The summed E-state index contributed by atoms with van der Waals surface area (Å²) in [7, 11) is 4.57. The van der Waals surface area contributed by atoms with Gasteiger partial charge in [-0.3, -0.25) is 14.9 Å². The monoisotopic (exact) mass is 460 g/mol. The minimum Gasteiger partial charge on any atom is -0.497 e. The Labute approximate surface area is 197 Å². The van der Waals surface area contributed by atoms with Crippen molar-refractivity contribution in [1.29, 1.82) is 0 Å². The summed E-state index contributed by atoms with van der Waals surface area (Å²) >= 11 is 0. The quantitative estimate of drug-likeness (QED) is 0.261. The molecular formula is C26H24N2O6. The topological polar surface area (TPSA) is 99.9 Å². The van der Waals surface area contributed by atoms with Crippen LogP contribution < -0.4 is 19.5 Å². The number of hydrogen-bond donors (Lipinski definition) is 1. The fourth-order valence-corrected chi connectivity index (χ4v) is 3.19.